The lowest BCUT2D eigenvalue weighted by Gasteiger charge is -2.22. The summed E-state index contributed by atoms with van der Waals surface area (Å²) in [6.07, 6.45) is -0.0800. The van der Waals surface area contributed by atoms with Crippen LogP contribution in [0.3, 0.4) is 0 Å². The van der Waals surface area contributed by atoms with E-state index in [1.165, 1.54) is 17.0 Å². The van der Waals surface area contributed by atoms with E-state index in [-0.39, 0.29) is 24.5 Å². The monoisotopic (exact) mass is 438 g/mol. The maximum atomic E-state index is 13.4. The lowest BCUT2D eigenvalue weighted by atomic mass is 10.0. The van der Waals surface area contributed by atoms with E-state index in [0.717, 1.165) is 6.07 Å². The molecule has 1 heterocycles. The standard InChI is InChI=1S/C20H21ClFN2O4P/c1-29(2,28)17-5-3-16(4-6-17)24-8-7-20(27,19(24)26)18(25)23-12-13-9-14(21)11-15(22)10-13/h3-6,9-11,27H,7-8,12H2,1-2H3,(H,23,25)/t20-/m0/s1. The molecule has 29 heavy (non-hydrogen) atoms. The third-order valence-corrected chi connectivity index (χ3v) is 6.59. The van der Waals surface area contributed by atoms with Gasteiger partial charge < -0.3 is 19.9 Å². The fourth-order valence-corrected chi connectivity index (χ4v) is 4.31. The lowest BCUT2D eigenvalue weighted by molar-refractivity contribution is -0.149. The highest BCUT2D eigenvalue weighted by Crippen LogP contribution is 2.35. The molecule has 0 spiro atoms. The van der Waals surface area contributed by atoms with E-state index in [1.54, 1.807) is 37.6 Å². The Morgan fingerprint density at radius 1 is 1.28 bits per heavy atom. The van der Waals surface area contributed by atoms with Gasteiger partial charge in [0.15, 0.2) is 0 Å². The van der Waals surface area contributed by atoms with Gasteiger partial charge in [-0.05, 0) is 61.4 Å². The van der Waals surface area contributed by atoms with Crippen molar-refractivity contribution in [2.45, 2.75) is 18.6 Å². The predicted octanol–water partition coefficient (Wildman–Crippen LogP) is 2.51. The zero-order valence-corrected chi connectivity index (χ0v) is 17.6. The topological polar surface area (TPSA) is 86.7 Å². The van der Waals surface area contributed by atoms with Gasteiger partial charge in [-0.3, -0.25) is 9.59 Å². The first kappa shape index (κ1) is 21.5. The number of hydrogen-bond acceptors (Lipinski definition) is 4. The number of nitrogens with zero attached hydrogens (tertiary/aromatic N) is 1. The number of halogens is 2. The average molecular weight is 439 g/mol. The van der Waals surface area contributed by atoms with Crippen LogP contribution in [0.15, 0.2) is 42.5 Å². The molecule has 0 saturated carbocycles. The number of amides is 2. The van der Waals surface area contributed by atoms with Crippen LogP contribution in [-0.4, -0.2) is 42.4 Å². The maximum absolute atomic E-state index is 13.4. The number of carbonyl (C=O) groups is 2. The van der Waals surface area contributed by atoms with Crippen LogP contribution in [0.2, 0.25) is 5.02 Å². The molecule has 0 radical (unpaired) electrons. The first-order valence-electron chi connectivity index (χ1n) is 8.94. The van der Waals surface area contributed by atoms with Crippen molar-refractivity contribution < 1.29 is 23.7 Å². The van der Waals surface area contributed by atoms with Crippen LogP contribution < -0.4 is 15.5 Å². The summed E-state index contributed by atoms with van der Waals surface area (Å²) in [5.41, 5.74) is -1.29. The van der Waals surface area contributed by atoms with Crippen LogP contribution in [0.1, 0.15) is 12.0 Å². The SMILES string of the molecule is CP(C)(=O)c1ccc(N2CC[C@](O)(C(=O)NCc3cc(F)cc(Cl)c3)C2=O)cc1. The number of carbonyl (C=O) groups excluding carboxylic acids is 2. The summed E-state index contributed by atoms with van der Waals surface area (Å²) >= 11 is 5.79. The number of nitrogens with one attached hydrogen (secondary N) is 1. The molecular weight excluding hydrogens is 418 g/mol. The van der Waals surface area contributed by atoms with E-state index in [9.17, 15) is 23.7 Å². The molecule has 2 amide bonds. The molecule has 2 aromatic carbocycles. The van der Waals surface area contributed by atoms with Gasteiger partial charge in [-0.15, -0.1) is 0 Å². The van der Waals surface area contributed by atoms with Gasteiger partial charge in [-0.2, -0.15) is 0 Å². The Hall–Kier alpha value is -2.21. The third kappa shape index (κ3) is 4.53. The molecule has 1 atom stereocenters. The van der Waals surface area contributed by atoms with Crippen LogP contribution in [0.4, 0.5) is 10.1 Å². The van der Waals surface area contributed by atoms with Gasteiger partial charge in [-0.25, -0.2) is 4.39 Å². The Morgan fingerprint density at radius 3 is 2.52 bits per heavy atom. The van der Waals surface area contributed by atoms with Crippen LogP contribution >= 0.6 is 18.7 Å². The minimum Gasteiger partial charge on any atom is -0.372 e. The highest BCUT2D eigenvalue weighted by atomic mass is 35.5. The van der Waals surface area contributed by atoms with E-state index in [1.807, 2.05) is 0 Å². The summed E-state index contributed by atoms with van der Waals surface area (Å²) in [7, 11) is -2.42. The van der Waals surface area contributed by atoms with Crippen molar-refractivity contribution in [2.24, 2.45) is 0 Å². The minimum absolute atomic E-state index is 0.0800. The van der Waals surface area contributed by atoms with E-state index in [4.69, 9.17) is 11.6 Å². The molecular formula is C20H21ClFN2O4P. The predicted molar refractivity (Wildman–Crippen MR) is 111 cm³/mol. The number of anilines is 1. The number of hydrogen-bond donors (Lipinski definition) is 2. The molecule has 154 valence electrons. The van der Waals surface area contributed by atoms with Crippen LogP contribution in [-0.2, 0) is 20.7 Å². The Kier molecular flexibility index (Phi) is 5.86. The molecule has 0 aromatic heterocycles. The Balaban J connectivity index is 1.71. The summed E-state index contributed by atoms with van der Waals surface area (Å²) in [4.78, 5) is 26.6. The van der Waals surface area contributed by atoms with Gasteiger partial charge >= 0.3 is 0 Å². The molecule has 0 bridgehead atoms. The van der Waals surface area contributed by atoms with Crippen molar-refractivity contribution >= 4 is 41.5 Å². The molecule has 0 aliphatic carbocycles. The second-order valence-corrected chi connectivity index (χ2v) is 11.0. The van der Waals surface area contributed by atoms with Gasteiger partial charge in [0.05, 0.1) is 0 Å². The van der Waals surface area contributed by atoms with E-state index < -0.39 is 30.4 Å². The molecule has 1 aliphatic rings. The zero-order valence-electron chi connectivity index (χ0n) is 16.0. The summed E-state index contributed by atoms with van der Waals surface area (Å²) in [6.45, 7) is 3.38. The first-order chi connectivity index (χ1) is 13.5. The van der Waals surface area contributed by atoms with E-state index in [2.05, 4.69) is 5.32 Å². The summed E-state index contributed by atoms with van der Waals surface area (Å²) in [6, 6.07) is 10.5. The highest BCUT2D eigenvalue weighted by molar-refractivity contribution is 7.70. The summed E-state index contributed by atoms with van der Waals surface area (Å²) in [5, 5.41) is 14.0. The van der Waals surface area contributed by atoms with Crippen LogP contribution in [0.25, 0.3) is 0 Å². The van der Waals surface area contributed by atoms with E-state index >= 15 is 0 Å². The zero-order chi connectivity index (χ0) is 21.4. The molecule has 9 heteroatoms. The number of benzene rings is 2. The van der Waals surface area contributed by atoms with Crippen molar-refractivity contribution in [2.75, 3.05) is 24.8 Å². The van der Waals surface area contributed by atoms with Gasteiger partial charge in [0.2, 0.25) is 5.60 Å². The smallest absolute Gasteiger partial charge is 0.268 e. The summed E-state index contributed by atoms with van der Waals surface area (Å²) < 4.78 is 25.5. The second kappa shape index (κ2) is 7.90. The molecule has 6 nitrogen and oxygen atoms in total. The Bertz CT molecular complexity index is 988. The molecule has 2 N–H and O–H groups in total. The van der Waals surface area contributed by atoms with Gasteiger partial charge in [0.25, 0.3) is 11.8 Å². The minimum atomic E-state index is -2.42. The van der Waals surface area contributed by atoms with Crippen molar-refractivity contribution in [3.8, 4) is 0 Å². The molecule has 1 saturated heterocycles. The first-order valence-corrected chi connectivity index (χ1v) is 11.9. The molecule has 1 aliphatic heterocycles. The second-order valence-electron chi connectivity index (χ2n) is 7.39. The largest absolute Gasteiger partial charge is 0.372 e. The normalized spacial score (nSPS) is 19.5. The quantitative estimate of drug-likeness (QED) is 0.555. The van der Waals surface area contributed by atoms with Gasteiger partial charge in [0, 0.05) is 35.5 Å². The van der Waals surface area contributed by atoms with Crippen LogP contribution in [0.5, 0.6) is 0 Å². The van der Waals surface area contributed by atoms with Gasteiger partial charge in [0.1, 0.15) is 13.0 Å². The number of aliphatic hydroxyl groups is 1. The third-order valence-electron chi connectivity index (χ3n) is 4.83. The fraction of sp³-hybridized carbons (Fsp3) is 0.300. The Morgan fingerprint density at radius 2 is 1.93 bits per heavy atom. The average Bonchev–Trinajstić information content (AvgIpc) is 2.94. The van der Waals surface area contributed by atoms with Crippen molar-refractivity contribution in [1.29, 1.82) is 0 Å². The van der Waals surface area contributed by atoms with Crippen LogP contribution in [0, 0.1) is 5.82 Å². The molecule has 2 aromatic rings. The molecule has 1 fully saturated rings. The molecule has 3 rings (SSSR count). The summed E-state index contributed by atoms with van der Waals surface area (Å²) in [5.74, 6) is -2.14. The fourth-order valence-electron chi connectivity index (χ4n) is 3.20. The van der Waals surface area contributed by atoms with Crippen molar-refractivity contribution in [3.63, 3.8) is 0 Å². The Labute approximate surface area is 173 Å². The van der Waals surface area contributed by atoms with Crippen molar-refractivity contribution in [1.82, 2.24) is 5.32 Å². The molecule has 0 unspecified atom stereocenters. The highest BCUT2D eigenvalue weighted by Gasteiger charge is 2.51. The van der Waals surface area contributed by atoms with Gasteiger partial charge in [-0.1, -0.05) is 11.6 Å². The lowest BCUT2D eigenvalue weighted by Crippen LogP contribution is -2.52. The van der Waals surface area contributed by atoms with Crippen molar-refractivity contribution in [3.05, 3.63) is 58.9 Å². The van der Waals surface area contributed by atoms with E-state index in [0.29, 0.717) is 16.6 Å². The number of rotatable bonds is 5. The maximum Gasteiger partial charge on any atom is 0.268 e.